The molecule has 0 spiro atoms. The van der Waals surface area contributed by atoms with E-state index in [9.17, 15) is 9.59 Å². The first-order chi connectivity index (χ1) is 8.84. The van der Waals surface area contributed by atoms with Crippen molar-refractivity contribution in [2.75, 3.05) is 13.6 Å². The Balaban J connectivity index is 2.49. The normalized spacial score (nSPS) is 25.3. The molecule has 19 heavy (non-hydrogen) atoms. The maximum atomic E-state index is 12.3. The van der Waals surface area contributed by atoms with Gasteiger partial charge in [-0.3, -0.25) is 14.5 Å². The third-order valence-corrected chi connectivity index (χ3v) is 4.09. The Bertz CT molecular complexity index is 323. The van der Waals surface area contributed by atoms with Crippen LogP contribution in [-0.2, 0) is 9.59 Å². The van der Waals surface area contributed by atoms with Crippen molar-refractivity contribution < 1.29 is 14.7 Å². The highest BCUT2D eigenvalue weighted by Crippen LogP contribution is 2.26. The first-order valence-electron chi connectivity index (χ1n) is 7.08. The van der Waals surface area contributed by atoms with Crippen molar-refractivity contribution >= 4 is 11.9 Å². The number of hydrogen-bond acceptors (Lipinski definition) is 3. The molecule has 3 unspecified atom stereocenters. The molecule has 1 saturated heterocycles. The van der Waals surface area contributed by atoms with E-state index in [0.29, 0.717) is 25.0 Å². The Morgan fingerprint density at radius 1 is 1.32 bits per heavy atom. The van der Waals surface area contributed by atoms with Gasteiger partial charge in [-0.1, -0.05) is 0 Å². The summed E-state index contributed by atoms with van der Waals surface area (Å²) in [6.45, 7) is 6.79. The number of carbonyl (C=O) groups excluding carboxylic acids is 1. The topological polar surface area (TPSA) is 60.9 Å². The second-order valence-electron chi connectivity index (χ2n) is 5.66. The molecule has 1 aliphatic rings. The van der Waals surface area contributed by atoms with E-state index in [1.807, 2.05) is 6.92 Å². The van der Waals surface area contributed by atoms with Crippen LogP contribution in [0.5, 0.6) is 0 Å². The zero-order chi connectivity index (χ0) is 14.6. The van der Waals surface area contributed by atoms with Crippen molar-refractivity contribution in [3.05, 3.63) is 0 Å². The molecule has 0 bridgehead atoms. The van der Waals surface area contributed by atoms with E-state index >= 15 is 0 Å². The SMILES string of the molecule is CC1CCC(C)N1C(C)C(=O)N(C)CCCC(=O)O. The first kappa shape index (κ1) is 16.0. The minimum atomic E-state index is -0.810. The van der Waals surface area contributed by atoms with E-state index in [-0.39, 0.29) is 18.4 Å². The number of nitrogens with zero attached hydrogens (tertiary/aromatic N) is 2. The predicted octanol–water partition coefficient (Wildman–Crippen LogP) is 1.57. The molecule has 0 aromatic rings. The fourth-order valence-electron chi connectivity index (χ4n) is 3.00. The van der Waals surface area contributed by atoms with Crippen molar-refractivity contribution in [2.24, 2.45) is 0 Å². The lowest BCUT2D eigenvalue weighted by molar-refractivity contribution is -0.139. The molecule has 5 heteroatoms. The summed E-state index contributed by atoms with van der Waals surface area (Å²) in [5.74, 6) is -0.721. The number of carbonyl (C=O) groups is 2. The Kier molecular flexibility index (Phi) is 5.79. The van der Waals surface area contributed by atoms with E-state index in [0.717, 1.165) is 12.8 Å². The fraction of sp³-hybridized carbons (Fsp3) is 0.857. The van der Waals surface area contributed by atoms with E-state index in [1.165, 1.54) is 0 Å². The van der Waals surface area contributed by atoms with Gasteiger partial charge >= 0.3 is 5.97 Å². The summed E-state index contributed by atoms with van der Waals surface area (Å²) in [6, 6.07) is 0.769. The Labute approximate surface area is 115 Å². The Morgan fingerprint density at radius 2 is 1.84 bits per heavy atom. The van der Waals surface area contributed by atoms with Gasteiger partial charge in [0.15, 0.2) is 0 Å². The molecule has 110 valence electrons. The van der Waals surface area contributed by atoms with E-state index in [4.69, 9.17) is 5.11 Å². The largest absolute Gasteiger partial charge is 0.481 e. The monoisotopic (exact) mass is 270 g/mol. The van der Waals surface area contributed by atoms with Crippen molar-refractivity contribution in [3.63, 3.8) is 0 Å². The van der Waals surface area contributed by atoms with Gasteiger partial charge in [0.25, 0.3) is 0 Å². The average molecular weight is 270 g/mol. The zero-order valence-corrected chi connectivity index (χ0v) is 12.4. The van der Waals surface area contributed by atoms with Crippen LogP contribution in [0.2, 0.25) is 0 Å². The van der Waals surface area contributed by atoms with Gasteiger partial charge in [0.05, 0.1) is 6.04 Å². The number of aliphatic carboxylic acids is 1. The maximum absolute atomic E-state index is 12.3. The number of rotatable bonds is 6. The van der Waals surface area contributed by atoms with Crippen LogP contribution in [0.25, 0.3) is 0 Å². The fourth-order valence-corrected chi connectivity index (χ4v) is 3.00. The summed E-state index contributed by atoms with van der Waals surface area (Å²) in [4.78, 5) is 26.7. The van der Waals surface area contributed by atoms with Crippen LogP contribution >= 0.6 is 0 Å². The minimum Gasteiger partial charge on any atom is -0.481 e. The van der Waals surface area contributed by atoms with Crippen LogP contribution in [0, 0.1) is 0 Å². The number of likely N-dealkylation sites (tertiary alicyclic amines) is 1. The molecule has 1 amide bonds. The number of carboxylic acid groups (broad SMARTS) is 1. The molecule has 1 fully saturated rings. The van der Waals surface area contributed by atoms with Gasteiger partial charge in [-0.2, -0.15) is 0 Å². The minimum absolute atomic E-state index is 0.0889. The second kappa shape index (κ2) is 6.89. The number of hydrogen-bond donors (Lipinski definition) is 1. The van der Waals surface area contributed by atoms with Crippen LogP contribution < -0.4 is 0 Å². The van der Waals surface area contributed by atoms with Gasteiger partial charge < -0.3 is 10.0 Å². The van der Waals surface area contributed by atoms with Gasteiger partial charge in [0.2, 0.25) is 5.91 Å². The molecule has 0 radical (unpaired) electrons. The third-order valence-electron chi connectivity index (χ3n) is 4.09. The molecule has 0 aromatic carbocycles. The van der Waals surface area contributed by atoms with Gasteiger partial charge in [-0.25, -0.2) is 0 Å². The highest BCUT2D eigenvalue weighted by atomic mass is 16.4. The van der Waals surface area contributed by atoms with Crippen molar-refractivity contribution in [2.45, 2.75) is 64.6 Å². The van der Waals surface area contributed by atoms with Crippen LogP contribution in [0.4, 0.5) is 0 Å². The average Bonchev–Trinajstić information content (AvgIpc) is 2.66. The standard InChI is InChI=1S/C14H26N2O3/c1-10-7-8-11(2)16(10)12(3)14(19)15(4)9-5-6-13(17)18/h10-12H,5-9H2,1-4H3,(H,17,18). The summed E-state index contributed by atoms with van der Waals surface area (Å²) >= 11 is 0. The smallest absolute Gasteiger partial charge is 0.303 e. The molecular formula is C14H26N2O3. The lowest BCUT2D eigenvalue weighted by Crippen LogP contribution is -2.49. The first-order valence-corrected chi connectivity index (χ1v) is 7.08. The van der Waals surface area contributed by atoms with Gasteiger partial charge in [0.1, 0.15) is 0 Å². The zero-order valence-electron chi connectivity index (χ0n) is 12.4. The predicted molar refractivity (Wildman–Crippen MR) is 74.0 cm³/mol. The maximum Gasteiger partial charge on any atom is 0.303 e. The molecule has 0 aromatic heterocycles. The summed E-state index contributed by atoms with van der Waals surface area (Å²) < 4.78 is 0. The van der Waals surface area contributed by atoms with Crippen LogP contribution in [0.1, 0.15) is 46.5 Å². The van der Waals surface area contributed by atoms with E-state index in [2.05, 4.69) is 18.7 Å². The highest BCUT2D eigenvalue weighted by molar-refractivity contribution is 5.81. The second-order valence-corrected chi connectivity index (χ2v) is 5.66. The quantitative estimate of drug-likeness (QED) is 0.796. The van der Waals surface area contributed by atoms with E-state index in [1.54, 1.807) is 11.9 Å². The number of amides is 1. The molecular weight excluding hydrogens is 244 g/mol. The summed E-state index contributed by atoms with van der Waals surface area (Å²) in [5.41, 5.74) is 0. The van der Waals surface area contributed by atoms with Crippen LogP contribution in [0.3, 0.4) is 0 Å². The highest BCUT2D eigenvalue weighted by Gasteiger charge is 2.35. The van der Waals surface area contributed by atoms with Crippen LogP contribution in [0.15, 0.2) is 0 Å². The summed E-state index contributed by atoms with van der Waals surface area (Å²) in [7, 11) is 1.76. The van der Waals surface area contributed by atoms with E-state index < -0.39 is 5.97 Å². The van der Waals surface area contributed by atoms with Gasteiger partial charge in [-0.05, 0) is 40.0 Å². The lowest BCUT2D eigenvalue weighted by atomic mass is 10.2. The summed E-state index contributed by atoms with van der Waals surface area (Å²) in [6.07, 6.45) is 2.90. The number of carboxylic acids is 1. The number of likely N-dealkylation sites (N-methyl/N-ethyl adjacent to an activating group) is 1. The van der Waals surface area contributed by atoms with Crippen molar-refractivity contribution in [3.8, 4) is 0 Å². The van der Waals surface area contributed by atoms with Crippen molar-refractivity contribution in [1.82, 2.24) is 9.80 Å². The Morgan fingerprint density at radius 3 is 2.32 bits per heavy atom. The third kappa shape index (κ3) is 4.20. The molecule has 1 aliphatic heterocycles. The van der Waals surface area contributed by atoms with Gasteiger partial charge in [0, 0.05) is 32.1 Å². The molecule has 1 heterocycles. The molecule has 5 nitrogen and oxygen atoms in total. The summed E-state index contributed by atoms with van der Waals surface area (Å²) in [5, 5.41) is 8.60. The molecule has 0 aliphatic carbocycles. The Hall–Kier alpha value is -1.10. The van der Waals surface area contributed by atoms with Crippen molar-refractivity contribution in [1.29, 1.82) is 0 Å². The molecule has 1 N–H and O–H groups in total. The molecule has 0 saturated carbocycles. The molecule has 3 atom stereocenters. The van der Waals surface area contributed by atoms with Gasteiger partial charge in [-0.15, -0.1) is 0 Å². The molecule has 1 rings (SSSR count). The van der Waals surface area contributed by atoms with Crippen LogP contribution in [-0.4, -0.2) is 58.5 Å². The lowest BCUT2D eigenvalue weighted by Gasteiger charge is -2.34.